The van der Waals surface area contributed by atoms with Crippen molar-refractivity contribution in [3.8, 4) is 0 Å². The van der Waals surface area contributed by atoms with E-state index in [1.165, 1.54) is 15.8 Å². The maximum atomic E-state index is 6.03. The maximum absolute atomic E-state index is 6.03. The largest absolute Gasteiger partial charge is 1.00 e. The van der Waals surface area contributed by atoms with E-state index in [1.807, 2.05) is 13.1 Å². The molecule has 0 bridgehead atoms. The normalized spacial score (nSPS) is 10.1. The van der Waals surface area contributed by atoms with Gasteiger partial charge in [0, 0.05) is 30.3 Å². The van der Waals surface area contributed by atoms with Crippen LogP contribution in [-0.4, -0.2) is 9.97 Å². The van der Waals surface area contributed by atoms with Gasteiger partial charge in [0.1, 0.15) is 11.6 Å². The van der Waals surface area contributed by atoms with Crippen molar-refractivity contribution in [3.63, 3.8) is 0 Å². The molecule has 22 heavy (non-hydrogen) atoms. The van der Waals surface area contributed by atoms with E-state index < -0.39 is 0 Å². The first-order chi connectivity index (χ1) is 9.69. The third-order valence-corrected chi connectivity index (χ3v) is 4.41. The molecule has 0 radical (unpaired) electrons. The van der Waals surface area contributed by atoms with Crippen molar-refractivity contribution in [2.75, 3.05) is 5.73 Å². The Morgan fingerprint density at radius 1 is 1.32 bits per heavy atom. The fourth-order valence-corrected chi connectivity index (χ4v) is 3.11. The predicted molar refractivity (Wildman–Crippen MR) is 92.0 cm³/mol. The molecule has 3 rings (SSSR count). The van der Waals surface area contributed by atoms with Crippen LogP contribution in [0.15, 0.2) is 29.9 Å². The average Bonchev–Trinajstić information content (AvgIpc) is 2.93. The van der Waals surface area contributed by atoms with E-state index in [-0.39, 0.29) is 34.0 Å². The van der Waals surface area contributed by atoms with Gasteiger partial charge in [-0.25, -0.2) is 9.97 Å². The summed E-state index contributed by atoms with van der Waals surface area (Å²) in [5.41, 5.74) is 8.23. The first-order valence-electron chi connectivity index (χ1n) is 6.65. The monoisotopic (exact) mass is 444 g/mol. The molecule has 0 saturated carbocycles. The Bertz CT molecular complexity index is 773. The van der Waals surface area contributed by atoms with Crippen LogP contribution in [0.4, 0.5) is 5.82 Å². The van der Waals surface area contributed by atoms with Crippen molar-refractivity contribution in [1.82, 2.24) is 9.97 Å². The number of fused-ring (bicyclic) bond motifs is 1. The molecule has 3 aromatic rings. The van der Waals surface area contributed by atoms with E-state index in [9.17, 15) is 0 Å². The lowest BCUT2D eigenvalue weighted by Crippen LogP contribution is -3.00. The highest BCUT2D eigenvalue weighted by atomic mass is 79.9. The van der Waals surface area contributed by atoms with Crippen LogP contribution in [0.25, 0.3) is 10.1 Å². The van der Waals surface area contributed by atoms with Crippen molar-refractivity contribution < 1.29 is 21.5 Å². The highest BCUT2D eigenvalue weighted by molar-refractivity contribution is 8.93. The number of aromatic nitrogens is 3. The molecule has 0 aliphatic carbocycles. The molecule has 7 heteroatoms. The molecule has 0 amide bonds. The Kier molecular flexibility index (Phi) is 6.90. The Morgan fingerprint density at radius 2 is 2.09 bits per heavy atom. The summed E-state index contributed by atoms with van der Waals surface area (Å²) in [5, 5.41) is 3.41. The molecule has 4 nitrogen and oxygen atoms in total. The van der Waals surface area contributed by atoms with Crippen molar-refractivity contribution >= 4 is 44.2 Å². The van der Waals surface area contributed by atoms with Gasteiger partial charge in [0.25, 0.3) is 0 Å². The van der Waals surface area contributed by atoms with Crippen LogP contribution in [0.2, 0.25) is 0 Å². The highest BCUT2D eigenvalue weighted by Gasteiger charge is 2.14. The van der Waals surface area contributed by atoms with Gasteiger partial charge in [0.2, 0.25) is 0 Å². The van der Waals surface area contributed by atoms with Gasteiger partial charge in [-0.05, 0) is 11.4 Å². The predicted octanol–water partition coefficient (Wildman–Crippen LogP) is 0.0620. The minimum Gasteiger partial charge on any atom is -1.00 e. The van der Waals surface area contributed by atoms with Crippen molar-refractivity contribution in [2.24, 2.45) is 0 Å². The van der Waals surface area contributed by atoms with Gasteiger partial charge >= 0.3 is 0 Å². The smallest absolute Gasteiger partial charge is 0.187 e. The second-order valence-electron chi connectivity index (χ2n) is 4.78. The van der Waals surface area contributed by atoms with E-state index in [4.69, 9.17) is 5.73 Å². The Labute approximate surface area is 155 Å². The summed E-state index contributed by atoms with van der Waals surface area (Å²) < 4.78 is 3.50. The number of nitrogens with two attached hydrogens (primary N) is 1. The lowest BCUT2D eigenvalue weighted by molar-refractivity contribution is -0.692. The number of nitrogen functional groups attached to an aromatic ring is 1. The van der Waals surface area contributed by atoms with Crippen LogP contribution in [-0.2, 0) is 13.0 Å². The number of halogens is 2. The zero-order valence-corrected chi connectivity index (χ0v) is 16.5. The molecule has 3 aromatic heterocycles. The summed E-state index contributed by atoms with van der Waals surface area (Å²) >= 11 is 1.76. The topological polar surface area (TPSA) is 55.7 Å². The van der Waals surface area contributed by atoms with Crippen LogP contribution in [0, 0.1) is 6.92 Å². The zero-order valence-electron chi connectivity index (χ0n) is 12.4. The standard InChI is InChI=1S/C15H17N4S.2BrH/c1-3-14-17-8-11(15(16)18-14)9-19-6-4-13-12(10(19)2)5-7-20-13;;/h4-8H,3,9H2,1-2H3,(H2,16,17,18);2*1H/q+1;;/p-1. The number of anilines is 1. The number of thiophene rings is 1. The van der Waals surface area contributed by atoms with Crippen LogP contribution in [0.5, 0.6) is 0 Å². The van der Waals surface area contributed by atoms with Gasteiger partial charge < -0.3 is 22.7 Å². The number of aryl methyl sites for hydroxylation is 2. The molecule has 0 spiro atoms. The Balaban J connectivity index is 0.00000121. The van der Waals surface area contributed by atoms with Gasteiger partial charge in [0.05, 0.1) is 10.9 Å². The van der Waals surface area contributed by atoms with Crippen molar-refractivity contribution in [3.05, 3.63) is 47.0 Å². The van der Waals surface area contributed by atoms with E-state index in [2.05, 4.69) is 45.2 Å². The molecule has 118 valence electrons. The fourth-order valence-electron chi connectivity index (χ4n) is 2.28. The number of pyridine rings is 1. The fraction of sp³-hybridized carbons (Fsp3) is 0.267. The maximum Gasteiger partial charge on any atom is 0.187 e. The number of hydrogen-bond donors (Lipinski definition) is 1. The molecule has 0 aliphatic heterocycles. The summed E-state index contributed by atoms with van der Waals surface area (Å²) in [5.74, 6) is 1.37. The lowest BCUT2D eigenvalue weighted by atomic mass is 10.2. The Morgan fingerprint density at radius 3 is 2.77 bits per heavy atom. The number of nitrogens with zero attached hydrogens (tertiary/aromatic N) is 3. The van der Waals surface area contributed by atoms with Crippen LogP contribution < -0.4 is 27.3 Å². The van der Waals surface area contributed by atoms with E-state index in [1.54, 1.807) is 11.3 Å². The molecule has 0 saturated heterocycles. The third kappa shape index (κ3) is 3.64. The molecule has 0 unspecified atom stereocenters. The molecule has 0 aromatic carbocycles. The van der Waals surface area contributed by atoms with Gasteiger partial charge in [-0.2, -0.15) is 4.57 Å². The quantitative estimate of drug-likeness (QED) is 0.580. The summed E-state index contributed by atoms with van der Waals surface area (Å²) in [6.45, 7) is 4.86. The van der Waals surface area contributed by atoms with Gasteiger partial charge in [-0.15, -0.1) is 28.3 Å². The first-order valence-corrected chi connectivity index (χ1v) is 7.53. The molecule has 0 fully saturated rings. The molecular weight excluding hydrogens is 428 g/mol. The van der Waals surface area contributed by atoms with Crippen molar-refractivity contribution in [2.45, 2.75) is 26.8 Å². The van der Waals surface area contributed by atoms with Gasteiger partial charge in [-0.1, -0.05) is 6.92 Å². The molecular formula is C15H18Br2N4S. The molecule has 0 aliphatic rings. The average molecular weight is 446 g/mol. The summed E-state index contributed by atoms with van der Waals surface area (Å²) in [6, 6.07) is 4.30. The first kappa shape index (κ1) is 19.0. The molecule has 0 atom stereocenters. The second kappa shape index (κ2) is 7.99. The van der Waals surface area contributed by atoms with E-state index in [0.717, 1.165) is 17.8 Å². The number of hydrogen-bond acceptors (Lipinski definition) is 4. The van der Waals surface area contributed by atoms with Crippen LogP contribution >= 0.6 is 28.3 Å². The lowest BCUT2D eigenvalue weighted by Gasteiger charge is -2.05. The third-order valence-electron chi connectivity index (χ3n) is 3.53. The van der Waals surface area contributed by atoms with Crippen molar-refractivity contribution in [1.29, 1.82) is 0 Å². The zero-order chi connectivity index (χ0) is 14.1. The van der Waals surface area contributed by atoms with Crippen LogP contribution in [0.3, 0.4) is 0 Å². The minimum atomic E-state index is 0. The van der Waals surface area contributed by atoms with E-state index in [0.29, 0.717) is 12.4 Å². The van der Waals surface area contributed by atoms with Gasteiger partial charge in [-0.3, -0.25) is 0 Å². The SMILES string of the molecule is Br.CCc1ncc(C[n+]2ccc3sccc3c2C)c(N)n1.[Br-]. The Hall–Kier alpha value is -1.05. The summed E-state index contributed by atoms with van der Waals surface area (Å²) in [7, 11) is 0. The molecule has 2 N–H and O–H groups in total. The van der Waals surface area contributed by atoms with Gasteiger partial charge in [0.15, 0.2) is 18.4 Å². The van der Waals surface area contributed by atoms with E-state index >= 15 is 0 Å². The highest BCUT2D eigenvalue weighted by Crippen LogP contribution is 2.21. The second-order valence-corrected chi connectivity index (χ2v) is 5.73. The summed E-state index contributed by atoms with van der Waals surface area (Å²) in [6.07, 6.45) is 4.74. The number of rotatable bonds is 3. The molecule has 3 heterocycles. The van der Waals surface area contributed by atoms with Crippen LogP contribution in [0.1, 0.15) is 24.0 Å². The summed E-state index contributed by atoms with van der Waals surface area (Å²) in [4.78, 5) is 8.66. The minimum absolute atomic E-state index is 0.